The molecule has 0 amide bonds. The number of carbonyl (C=O) groups excluding carboxylic acids is 1. The standard InChI is InChI=1S/C24H29NO4/c1-2-3-4-5-6-7-8-9-23(26)29-22-16-14-21(15-17-22)25-18-19-10-12-20(13-11-19)24(27)28/h10-18H,2-9H2,1H3,(H,27,28). The molecule has 0 unspecified atom stereocenters. The topological polar surface area (TPSA) is 76.0 Å². The molecule has 0 aromatic heterocycles. The van der Waals surface area contributed by atoms with Crippen molar-refractivity contribution in [3.8, 4) is 5.75 Å². The fourth-order valence-electron chi connectivity index (χ4n) is 2.87. The Labute approximate surface area is 172 Å². The van der Waals surface area contributed by atoms with Gasteiger partial charge in [0, 0.05) is 12.6 Å². The number of aliphatic imine (C=N–C) groups is 1. The van der Waals surface area contributed by atoms with Gasteiger partial charge in [0.1, 0.15) is 5.75 Å². The first-order valence-corrected chi connectivity index (χ1v) is 10.3. The van der Waals surface area contributed by atoms with Crippen molar-refractivity contribution in [1.29, 1.82) is 0 Å². The Balaban J connectivity index is 1.73. The molecule has 0 aliphatic carbocycles. The maximum Gasteiger partial charge on any atom is 0.335 e. The van der Waals surface area contributed by atoms with E-state index in [2.05, 4.69) is 11.9 Å². The zero-order valence-corrected chi connectivity index (χ0v) is 17.0. The molecule has 0 saturated heterocycles. The number of hydrogen-bond acceptors (Lipinski definition) is 4. The van der Waals surface area contributed by atoms with Gasteiger partial charge >= 0.3 is 11.9 Å². The van der Waals surface area contributed by atoms with Gasteiger partial charge in [0.15, 0.2) is 0 Å². The van der Waals surface area contributed by atoms with Gasteiger partial charge < -0.3 is 9.84 Å². The quantitative estimate of drug-likeness (QED) is 0.201. The number of esters is 1. The molecule has 0 aliphatic rings. The van der Waals surface area contributed by atoms with Gasteiger partial charge in [0.25, 0.3) is 0 Å². The van der Waals surface area contributed by atoms with E-state index < -0.39 is 5.97 Å². The Kier molecular flexibility index (Phi) is 9.63. The maximum absolute atomic E-state index is 11.9. The number of rotatable bonds is 12. The molecule has 0 fully saturated rings. The summed E-state index contributed by atoms with van der Waals surface area (Å²) in [5, 5.41) is 8.90. The minimum Gasteiger partial charge on any atom is -0.478 e. The number of carboxylic acids is 1. The number of unbranched alkanes of at least 4 members (excludes halogenated alkanes) is 6. The number of nitrogens with zero attached hydrogens (tertiary/aromatic N) is 1. The molecule has 2 aromatic rings. The first kappa shape index (κ1) is 22.3. The third-order valence-electron chi connectivity index (χ3n) is 4.57. The van der Waals surface area contributed by atoms with Gasteiger partial charge in [0.05, 0.1) is 11.3 Å². The molecule has 0 saturated carbocycles. The summed E-state index contributed by atoms with van der Waals surface area (Å²) >= 11 is 0. The van der Waals surface area contributed by atoms with E-state index in [0.29, 0.717) is 12.2 Å². The third-order valence-corrected chi connectivity index (χ3v) is 4.57. The zero-order chi connectivity index (χ0) is 20.9. The van der Waals surface area contributed by atoms with Crippen molar-refractivity contribution >= 4 is 23.8 Å². The van der Waals surface area contributed by atoms with E-state index in [1.54, 1.807) is 42.6 Å². The molecule has 2 aromatic carbocycles. The van der Waals surface area contributed by atoms with Crippen LogP contribution in [0.4, 0.5) is 5.69 Å². The van der Waals surface area contributed by atoms with Crippen LogP contribution in [0.1, 0.15) is 74.2 Å². The van der Waals surface area contributed by atoms with E-state index in [1.807, 2.05) is 0 Å². The lowest BCUT2D eigenvalue weighted by atomic mass is 10.1. The summed E-state index contributed by atoms with van der Waals surface area (Å²) in [5.74, 6) is -0.637. The second kappa shape index (κ2) is 12.5. The van der Waals surface area contributed by atoms with Crippen LogP contribution in [0.3, 0.4) is 0 Å². The third kappa shape index (κ3) is 8.73. The van der Waals surface area contributed by atoms with Crippen LogP contribution in [0, 0.1) is 0 Å². The lowest BCUT2D eigenvalue weighted by molar-refractivity contribution is -0.134. The maximum atomic E-state index is 11.9. The molecule has 29 heavy (non-hydrogen) atoms. The number of hydrogen-bond donors (Lipinski definition) is 1. The SMILES string of the molecule is CCCCCCCCCC(=O)Oc1ccc(N=Cc2ccc(C(=O)O)cc2)cc1. The van der Waals surface area contributed by atoms with E-state index in [0.717, 1.165) is 24.1 Å². The zero-order valence-electron chi connectivity index (χ0n) is 17.0. The van der Waals surface area contributed by atoms with Gasteiger partial charge in [-0.1, -0.05) is 57.6 Å². The average molecular weight is 395 g/mol. The molecule has 154 valence electrons. The van der Waals surface area contributed by atoms with Gasteiger partial charge in [-0.05, 0) is 48.4 Å². The van der Waals surface area contributed by atoms with Crippen LogP contribution in [-0.2, 0) is 4.79 Å². The molecular formula is C24H29NO4. The molecule has 0 bridgehead atoms. The van der Waals surface area contributed by atoms with Gasteiger partial charge in [-0.15, -0.1) is 0 Å². The Morgan fingerprint density at radius 1 is 0.897 bits per heavy atom. The van der Waals surface area contributed by atoms with Crippen molar-refractivity contribution in [3.63, 3.8) is 0 Å². The van der Waals surface area contributed by atoms with Crippen molar-refractivity contribution in [2.24, 2.45) is 4.99 Å². The van der Waals surface area contributed by atoms with E-state index >= 15 is 0 Å². The summed E-state index contributed by atoms with van der Waals surface area (Å²) in [6, 6.07) is 13.5. The fraction of sp³-hybridized carbons (Fsp3) is 0.375. The molecule has 1 N–H and O–H groups in total. The van der Waals surface area contributed by atoms with Crippen LogP contribution in [-0.4, -0.2) is 23.3 Å². The molecule has 0 aliphatic heterocycles. The Hall–Kier alpha value is -2.95. The van der Waals surface area contributed by atoms with Crippen LogP contribution >= 0.6 is 0 Å². The van der Waals surface area contributed by atoms with Crippen molar-refractivity contribution < 1.29 is 19.4 Å². The van der Waals surface area contributed by atoms with Gasteiger partial charge in [-0.25, -0.2) is 4.79 Å². The first-order chi connectivity index (χ1) is 14.1. The summed E-state index contributed by atoms with van der Waals surface area (Å²) in [5.41, 5.74) is 1.77. The largest absolute Gasteiger partial charge is 0.478 e. The minimum atomic E-state index is -0.953. The van der Waals surface area contributed by atoms with E-state index in [4.69, 9.17) is 9.84 Å². The van der Waals surface area contributed by atoms with Crippen molar-refractivity contribution in [2.75, 3.05) is 0 Å². The molecule has 0 radical (unpaired) electrons. The van der Waals surface area contributed by atoms with Crippen LogP contribution in [0.25, 0.3) is 0 Å². The lowest BCUT2D eigenvalue weighted by Crippen LogP contribution is -2.07. The monoisotopic (exact) mass is 395 g/mol. The fourth-order valence-corrected chi connectivity index (χ4v) is 2.87. The predicted octanol–water partition coefficient (Wildman–Crippen LogP) is 6.18. The highest BCUT2D eigenvalue weighted by Gasteiger charge is 2.05. The van der Waals surface area contributed by atoms with E-state index in [1.165, 1.54) is 44.2 Å². The van der Waals surface area contributed by atoms with Gasteiger partial charge in [0.2, 0.25) is 0 Å². The number of aromatic carboxylic acids is 1. The molecule has 0 heterocycles. The Morgan fingerprint density at radius 2 is 1.52 bits per heavy atom. The average Bonchev–Trinajstić information content (AvgIpc) is 2.73. The van der Waals surface area contributed by atoms with Crippen LogP contribution < -0.4 is 4.74 Å². The normalized spacial score (nSPS) is 10.9. The summed E-state index contributed by atoms with van der Waals surface area (Å²) in [6.07, 6.45) is 10.3. The van der Waals surface area contributed by atoms with E-state index in [9.17, 15) is 9.59 Å². The number of benzene rings is 2. The lowest BCUT2D eigenvalue weighted by Gasteiger charge is -2.05. The minimum absolute atomic E-state index is 0.201. The highest BCUT2D eigenvalue weighted by molar-refractivity contribution is 5.89. The highest BCUT2D eigenvalue weighted by atomic mass is 16.5. The molecule has 2 rings (SSSR count). The second-order valence-electron chi connectivity index (χ2n) is 7.02. The Bertz CT molecular complexity index is 795. The molecule has 5 heteroatoms. The molecular weight excluding hydrogens is 366 g/mol. The number of ether oxygens (including phenoxy) is 1. The highest BCUT2D eigenvalue weighted by Crippen LogP contribution is 2.19. The predicted molar refractivity (Wildman–Crippen MR) is 115 cm³/mol. The summed E-state index contributed by atoms with van der Waals surface area (Å²) in [4.78, 5) is 27.1. The summed E-state index contributed by atoms with van der Waals surface area (Å²) in [7, 11) is 0. The van der Waals surface area contributed by atoms with Crippen LogP contribution in [0.5, 0.6) is 5.75 Å². The van der Waals surface area contributed by atoms with Crippen molar-refractivity contribution in [2.45, 2.75) is 58.3 Å². The van der Waals surface area contributed by atoms with Crippen LogP contribution in [0.2, 0.25) is 0 Å². The van der Waals surface area contributed by atoms with Crippen LogP contribution in [0.15, 0.2) is 53.5 Å². The summed E-state index contributed by atoms with van der Waals surface area (Å²) in [6.45, 7) is 2.20. The van der Waals surface area contributed by atoms with E-state index in [-0.39, 0.29) is 11.5 Å². The molecule has 5 nitrogen and oxygen atoms in total. The summed E-state index contributed by atoms with van der Waals surface area (Å²) < 4.78 is 5.37. The molecule has 0 atom stereocenters. The van der Waals surface area contributed by atoms with Gasteiger partial charge in [-0.3, -0.25) is 9.79 Å². The second-order valence-corrected chi connectivity index (χ2v) is 7.02. The Morgan fingerprint density at radius 3 is 2.14 bits per heavy atom. The van der Waals surface area contributed by atoms with Gasteiger partial charge in [-0.2, -0.15) is 0 Å². The van der Waals surface area contributed by atoms with Crippen molar-refractivity contribution in [3.05, 3.63) is 59.7 Å². The molecule has 0 spiro atoms. The smallest absolute Gasteiger partial charge is 0.335 e. The van der Waals surface area contributed by atoms with Crippen molar-refractivity contribution in [1.82, 2.24) is 0 Å². The number of carboxylic acid groups (broad SMARTS) is 1. The number of carbonyl (C=O) groups is 2. The first-order valence-electron chi connectivity index (χ1n) is 10.3.